The van der Waals surface area contributed by atoms with E-state index < -0.39 is 10.0 Å². The number of rotatable bonds is 3. The van der Waals surface area contributed by atoms with Gasteiger partial charge in [-0.05, 0) is 55.2 Å². The Morgan fingerprint density at radius 3 is 2.81 bits per heavy atom. The van der Waals surface area contributed by atoms with E-state index >= 15 is 0 Å². The van der Waals surface area contributed by atoms with Crippen LogP contribution >= 0.6 is 0 Å². The van der Waals surface area contributed by atoms with Crippen molar-refractivity contribution < 1.29 is 22.7 Å². The number of nitrogens with one attached hydrogen (secondary N) is 1. The minimum absolute atomic E-state index is 0.0456. The molecule has 2 aromatic rings. The van der Waals surface area contributed by atoms with Gasteiger partial charge in [0.2, 0.25) is 12.7 Å². The molecule has 3 aliphatic heterocycles. The number of carbonyl (C=O) groups is 1. The highest BCUT2D eigenvalue weighted by Gasteiger charge is 2.38. The quantitative estimate of drug-likeness (QED) is 0.877. The maximum atomic E-state index is 13.0. The van der Waals surface area contributed by atoms with Crippen LogP contribution in [-0.4, -0.2) is 27.7 Å². The Hall–Kier alpha value is -2.74. The smallest absolute Gasteiger partial charge is 0.261 e. The van der Waals surface area contributed by atoms with Crippen molar-refractivity contribution in [3.05, 3.63) is 41.5 Å². The van der Waals surface area contributed by atoms with Gasteiger partial charge in [-0.3, -0.25) is 9.52 Å². The van der Waals surface area contributed by atoms with E-state index in [2.05, 4.69) is 4.72 Å². The molecule has 3 aliphatic rings. The van der Waals surface area contributed by atoms with E-state index in [1.807, 2.05) is 6.92 Å². The minimum atomic E-state index is -3.80. The molecule has 0 radical (unpaired) electrons. The van der Waals surface area contributed by atoms with E-state index in [4.69, 9.17) is 9.47 Å². The van der Waals surface area contributed by atoms with Gasteiger partial charge in [0.15, 0.2) is 11.5 Å². The monoisotopic (exact) mass is 386 g/mol. The van der Waals surface area contributed by atoms with Crippen LogP contribution in [0.4, 0.5) is 11.4 Å². The van der Waals surface area contributed by atoms with E-state index in [0.29, 0.717) is 23.7 Å². The SMILES string of the molecule is C[C@@H]1C(=O)N2CCCc3cc(S(=O)(=O)Nc4ccc5c(c4)OCO5)cc1c32. The molecule has 0 aliphatic carbocycles. The van der Waals surface area contributed by atoms with Crippen LogP contribution in [0.25, 0.3) is 0 Å². The topological polar surface area (TPSA) is 84.9 Å². The molecular formula is C19H18N2O5S. The second kappa shape index (κ2) is 5.63. The van der Waals surface area contributed by atoms with E-state index in [-0.39, 0.29) is 23.5 Å². The van der Waals surface area contributed by atoms with Crippen molar-refractivity contribution in [2.45, 2.75) is 30.6 Å². The van der Waals surface area contributed by atoms with Crippen molar-refractivity contribution in [3.63, 3.8) is 0 Å². The number of anilines is 2. The predicted molar refractivity (Wildman–Crippen MR) is 98.9 cm³/mol. The third-order valence-electron chi connectivity index (χ3n) is 5.33. The lowest BCUT2D eigenvalue weighted by Crippen LogP contribution is -2.32. The van der Waals surface area contributed by atoms with Gasteiger partial charge in [0.05, 0.1) is 22.2 Å². The minimum Gasteiger partial charge on any atom is -0.454 e. The van der Waals surface area contributed by atoms with Gasteiger partial charge in [-0.2, -0.15) is 0 Å². The van der Waals surface area contributed by atoms with Gasteiger partial charge in [-0.25, -0.2) is 8.42 Å². The first-order valence-corrected chi connectivity index (χ1v) is 10.3. The van der Waals surface area contributed by atoms with E-state index in [0.717, 1.165) is 29.7 Å². The third-order valence-corrected chi connectivity index (χ3v) is 6.69. The largest absolute Gasteiger partial charge is 0.454 e. The number of hydrogen-bond donors (Lipinski definition) is 1. The van der Waals surface area contributed by atoms with E-state index in [9.17, 15) is 13.2 Å². The van der Waals surface area contributed by atoms with Crippen molar-refractivity contribution in [1.29, 1.82) is 0 Å². The highest BCUT2D eigenvalue weighted by molar-refractivity contribution is 7.92. The Morgan fingerprint density at radius 1 is 1.15 bits per heavy atom. The fourth-order valence-electron chi connectivity index (χ4n) is 3.99. The van der Waals surface area contributed by atoms with Crippen molar-refractivity contribution in [2.24, 2.45) is 0 Å². The van der Waals surface area contributed by atoms with Crippen LogP contribution < -0.4 is 19.1 Å². The molecule has 0 saturated heterocycles. The van der Waals surface area contributed by atoms with Gasteiger partial charge in [0, 0.05) is 12.6 Å². The maximum Gasteiger partial charge on any atom is 0.261 e. The summed E-state index contributed by atoms with van der Waals surface area (Å²) in [6.07, 6.45) is 1.61. The first-order valence-electron chi connectivity index (χ1n) is 8.85. The summed E-state index contributed by atoms with van der Waals surface area (Å²) in [7, 11) is -3.80. The first kappa shape index (κ1) is 16.4. The summed E-state index contributed by atoms with van der Waals surface area (Å²) < 4.78 is 39.1. The van der Waals surface area contributed by atoms with Crippen LogP contribution in [0.5, 0.6) is 11.5 Å². The number of aryl methyl sites for hydroxylation is 1. The molecular weight excluding hydrogens is 368 g/mol. The third kappa shape index (κ3) is 2.47. The van der Waals surface area contributed by atoms with Gasteiger partial charge < -0.3 is 14.4 Å². The van der Waals surface area contributed by atoms with Crippen molar-refractivity contribution >= 4 is 27.3 Å². The molecule has 5 rings (SSSR count). The molecule has 0 spiro atoms. The Kier molecular flexibility index (Phi) is 3.42. The molecule has 1 amide bonds. The number of carbonyl (C=O) groups excluding carboxylic acids is 1. The number of fused-ring (bicyclic) bond motifs is 1. The highest BCUT2D eigenvalue weighted by atomic mass is 32.2. The Balaban J connectivity index is 1.54. The van der Waals surface area contributed by atoms with Gasteiger partial charge in [0.1, 0.15) is 0 Å². The average Bonchev–Trinajstić information content (AvgIpc) is 3.21. The van der Waals surface area contributed by atoms with Crippen molar-refractivity contribution in [1.82, 2.24) is 0 Å². The normalized spacial score (nSPS) is 20.0. The van der Waals surface area contributed by atoms with Gasteiger partial charge >= 0.3 is 0 Å². The standard InChI is InChI=1S/C19H18N2O5S/c1-11-15-9-14(7-12-3-2-6-21(18(12)15)19(11)22)27(23,24)20-13-4-5-16-17(8-13)26-10-25-16/h4-5,7-9,11,20H,2-3,6,10H2,1H3/t11-/m0/s1. The average molecular weight is 386 g/mol. The van der Waals surface area contributed by atoms with Crippen LogP contribution in [0.15, 0.2) is 35.2 Å². The highest BCUT2D eigenvalue weighted by Crippen LogP contribution is 2.44. The molecule has 7 nitrogen and oxygen atoms in total. The lowest BCUT2D eigenvalue weighted by atomic mass is 9.97. The van der Waals surface area contributed by atoms with E-state index in [1.165, 1.54) is 0 Å². The zero-order chi connectivity index (χ0) is 18.8. The predicted octanol–water partition coefficient (Wildman–Crippen LogP) is 2.61. The zero-order valence-corrected chi connectivity index (χ0v) is 15.5. The molecule has 140 valence electrons. The molecule has 1 N–H and O–H groups in total. The zero-order valence-electron chi connectivity index (χ0n) is 14.7. The number of nitrogens with zero attached hydrogens (tertiary/aromatic N) is 1. The molecule has 27 heavy (non-hydrogen) atoms. The second-order valence-corrected chi connectivity index (χ2v) is 8.69. The summed E-state index contributed by atoms with van der Waals surface area (Å²) in [5.41, 5.74) is 3.02. The van der Waals surface area contributed by atoms with Gasteiger partial charge in [-0.15, -0.1) is 0 Å². The van der Waals surface area contributed by atoms with E-state index in [1.54, 1.807) is 35.2 Å². The van der Waals surface area contributed by atoms with Crippen LogP contribution in [0.3, 0.4) is 0 Å². The lowest BCUT2D eigenvalue weighted by Gasteiger charge is -2.26. The molecule has 3 heterocycles. The fourth-order valence-corrected chi connectivity index (χ4v) is 5.13. The molecule has 0 fully saturated rings. The fraction of sp³-hybridized carbons (Fsp3) is 0.316. The number of hydrogen-bond acceptors (Lipinski definition) is 5. The lowest BCUT2D eigenvalue weighted by molar-refractivity contribution is -0.119. The summed E-state index contributed by atoms with van der Waals surface area (Å²) in [5.74, 6) is 0.822. The van der Waals surface area contributed by atoms with Gasteiger partial charge in [0.25, 0.3) is 10.0 Å². The molecule has 2 aromatic carbocycles. The summed E-state index contributed by atoms with van der Waals surface area (Å²) in [4.78, 5) is 14.4. The number of benzene rings is 2. The molecule has 0 saturated carbocycles. The van der Waals surface area contributed by atoms with Crippen LogP contribution in [0, 0.1) is 0 Å². The number of ether oxygens (including phenoxy) is 2. The van der Waals surface area contributed by atoms with Crippen molar-refractivity contribution in [2.75, 3.05) is 23.0 Å². The number of amides is 1. The summed E-state index contributed by atoms with van der Waals surface area (Å²) >= 11 is 0. The summed E-state index contributed by atoms with van der Waals surface area (Å²) in [6, 6.07) is 8.22. The second-order valence-electron chi connectivity index (χ2n) is 7.01. The first-order chi connectivity index (χ1) is 12.9. The molecule has 0 aromatic heterocycles. The molecule has 1 atom stereocenters. The van der Waals surface area contributed by atoms with Crippen LogP contribution in [0.1, 0.15) is 30.4 Å². The maximum absolute atomic E-state index is 13.0. The summed E-state index contributed by atoms with van der Waals surface area (Å²) in [6.45, 7) is 2.66. The van der Waals surface area contributed by atoms with Crippen LogP contribution in [-0.2, 0) is 21.2 Å². The number of sulfonamides is 1. The Morgan fingerprint density at radius 2 is 1.96 bits per heavy atom. The Labute approximate surface area is 156 Å². The molecule has 0 unspecified atom stereocenters. The summed E-state index contributed by atoms with van der Waals surface area (Å²) in [5, 5.41) is 0. The Bertz CT molecular complexity index is 1080. The molecule has 0 bridgehead atoms. The van der Waals surface area contributed by atoms with Crippen molar-refractivity contribution in [3.8, 4) is 11.5 Å². The molecule has 8 heteroatoms. The van der Waals surface area contributed by atoms with Crippen LogP contribution in [0.2, 0.25) is 0 Å². The van der Waals surface area contributed by atoms with Gasteiger partial charge in [-0.1, -0.05) is 0 Å².